The molecule has 0 aliphatic heterocycles. The van der Waals surface area contributed by atoms with Crippen molar-refractivity contribution in [2.75, 3.05) is 5.32 Å². The minimum atomic E-state index is -4.57. The number of nitrogens with zero attached hydrogens (tertiary/aromatic N) is 5. The molecule has 148 valence electrons. The molecule has 7 nitrogen and oxygen atoms in total. The standard InChI is InChI=1S/C19H15F3N6O/c1-11-10-15(19(20,21)22)23-18-12(11)6-7-16(25-18)24-17(29)8-9-28-14-5-3-2-4-13(14)26-27-28/h2-7,10H,8-9H2,1H3,(H,23,24,25,29). The largest absolute Gasteiger partial charge is 0.433 e. The van der Waals surface area contributed by atoms with Gasteiger partial charge in [0.05, 0.1) is 12.1 Å². The normalized spacial score (nSPS) is 11.9. The van der Waals surface area contributed by atoms with E-state index in [1.807, 2.05) is 24.3 Å². The highest BCUT2D eigenvalue weighted by molar-refractivity contribution is 5.91. The van der Waals surface area contributed by atoms with Crippen LogP contribution in [0.5, 0.6) is 0 Å². The van der Waals surface area contributed by atoms with Crippen LogP contribution in [0.2, 0.25) is 0 Å². The van der Waals surface area contributed by atoms with Crippen molar-refractivity contribution in [3.05, 3.63) is 53.7 Å². The minimum Gasteiger partial charge on any atom is -0.311 e. The summed E-state index contributed by atoms with van der Waals surface area (Å²) in [5.41, 5.74) is 0.856. The third-order valence-corrected chi connectivity index (χ3v) is 4.41. The monoisotopic (exact) mass is 400 g/mol. The first-order chi connectivity index (χ1) is 13.8. The number of hydrogen-bond donors (Lipinski definition) is 1. The Hall–Kier alpha value is -3.56. The fraction of sp³-hybridized carbons (Fsp3) is 0.211. The number of nitrogens with one attached hydrogen (secondary N) is 1. The number of pyridine rings is 2. The molecule has 0 unspecified atom stereocenters. The Balaban J connectivity index is 1.50. The average molecular weight is 400 g/mol. The molecule has 0 saturated heterocycles. The summed E-state index contributed by atoms with van der Waals surface area (Å²) in [7, 11) is 0. The van der Waals surface area contributed by atoms with E-state index < -0.39 is 11.9 Å². The molecule has 0 radical (unpaired) electrons. The van der Waals surface area contributed by atoms with Crippen molar-refractivity contribution in [3.63, 3.8) is 0 Å². The van der Waals surface area contributed by atoms with Crippen LogP contribution in [0, 0.1) is 6.92 Å². The lowest BCUT2D eigenvalue weighted by Gasteiger charge is -2.10. The predicted octanol–water partition coefficient (Wildman–Crippen LogP) is 3.73. The van der Waals surface area contributed by atoms with Gasteiger partial charge in [-0.3, -0.25) is 4.79 Å². The number of para-hydroxylation sites is 1. The SMILES string of the molecule is Cc1cc(C(F)(F)F)nc2nc(NC(=O)CCn3nnc4ccccc43)ccc12. The molecular formula is C19H15F3N6O. The van der Waals surface area contributed by atoms with Crippen molar-refractivity contribution < 1.29 is 18.0 Å². The van der Waals surface area contributed by atoms with Crippen LogP contribution in [-0.4, -0.2) is 30.9 Å². The second-order valence-corrected chi connectivity index (χ2v) is 6.49. The van der Waals surface area contributed by atoms with Crippen molar-refractivity contribution in [3.8, 4) is 0 Å². The molecule has 0 aliphatic rings. The zero-order chi connectivity index (χ0) is 20.6. The average Bonchev–Trinajstić information content (AvgIpc) is 3.08. The molecule has 1 aromatic carbocycles. The van der Waals surface area contributed by atoms with Crippen LogP contribution in [0.25, 0.3) is 22.1 Å². The molecule has 3 heterocycles. The summed E-state index contributed by atoms with van der Waals surface area (Å²) in [4.78, 5) is 19.9. The molecule has 0 spiro atoms. The van der Waals surface area contributed by atoms with Crippen LogP contribution >= 0.6 is 0 Å². The van der Waals surface area contributed by atoms with Crippen LogP contribution in [0.1, 0.15) is 17.7 Å². The molecular weight excluding hydrogens is 385 g/mol. The molecule has 0 saturated carbocycles. The molecule has 4 aromatic rings. The van der Waals surface area contributed by atoms with E-state index in [-0.39, 0.29) is 23.8 Å². The number of halogens is 3. The lowest BCUT2D eigenvalue weighted by molar-refractivity contribution is -0.141. The summed E-state index contributed by atoms with van der Waals surface area (Å²) >= 11 is 0. The summed E-state index contributed by atoms with van der Waals surface area (Å²) in [6.07, 6.45) is -4.47. The second-order valence-electron chi connectivity index (χ2n) is 6.49. The van der Waals surface area contributed by atoms with Crippen LogP contribution in [-0.2, 0) is 17.5 Å². The van der Waals surface area contributed by atoms with Gasteiger partial charge in [-0.25, -0.2) is 14.6 Å². The van der Waals surface area contributed by atoms with Crippen molar-refractivity contribution in [1.82, 2.24) is 25.0 Å². The summed E-state index contributed by atoms with van der Waals surface area (Å²) in [6, 6.07) is 11.5. The van der Waals surface area contributed by atoms with E-state index in [2.05, 4.69) is 25.6 Å². The van der Waals surface area contributed by atoms with E-state index in [1.165, 1.54) is 6.07 Å². The highest BCUT2D eigenvalue weighted by atomic mass is 19.4. The molecule has 3 aromatic heterocycles. The van der Waals surface area contributed by atoms with E-state index in [0.29, 0.717) is 17.5 Å². The summed E-state index contributed by atoms with van der Waals surface area (Å²) in [5.74, 6) is -0.211. The zero-order valence-electron chi connectivity index (χ0n) is 15.2. The number of benzene rings is 1. The fourth-order valence-corrected chi connectivity index (χ4v) is 2.98. The molecule has 0 atom stereocenters. The third-order valence-electron chi connectivity index (χ3n) is 4.41. The Kier molecular flexibility index (Phi) is 4.61. The maximum atomic E-state index is 13.0. The highest BCUT2D eigenvalue weighted by Crippen LogP contribution is 2.30. The molecule has 1 N–H and O–H groups in total. The van der Waals surface area contributed by atoms with Gasteiger partial charge in [-0.05, 0) is 42.8 Å². The summed E-state index contributed by atoms with van der Waals surface area (Å²) in [5, 5.41) is 11.1. The van der Waals surface area contributed by atoms with Gasteiger partial charge in [0.15, 0.2) is 5.65 Å². The molecule has 4 rings (SSSR count). The van der Waals surface area contributed by atoms with Crippen molar-refractivity contribution >= 4 is 33.8 Å². The van der Waals surface area contributed by atoms with Gasteiger partial charge in [-0.1, -0.05) is 17.3 Å². The molecule has 1 amide bonds. The second kappa shape index (κ2) is 7.12. The van der Waals surface area contributed by atoms with E-state index in [0.717, 1.165) is 17.1 Å². The highest BCUT2D eigenvalue weighted by Gasteiger charge is 2.33. The number of carbonyl (C=O) groups excluding carboxylic acids is 1. The lowest BCUT2D eigenvalue weighted by atomic mass is 10.1. The maximum Gasteiger partial charge on any atom is 0.433 e. The Morgan fingerprint density at radius 3 is 2.72 bits per heavy atom. The van der Waals surface area contributed by atoms with Crippen LogP contribution < -0.4 is 5.32 Å². The van der Waals surface area contributed by atoms with Crippen molar-refractivity contribution in [1.29, 1.82) is 0 Å². The van der Waals surface area contributed by atoms with Gasteiger partial charge in [-0.2, -0.15) is 13.2 Å². The van der Waals surface area contributed by atoms with Crippen LogP contribution in [0.3, 0.4) is 0 Å². The van der Waals surface area contributed by atoms with Crippen molar-refractivity contribution in [2.45, 2.75) is 26.1 Å². The third kappa shape index (κ3) is 3.86. The summed E-state index contributed by atoms with van der Waals surface area (Å²) in [6.45, 7) is 1.86. The number of aromatic nitrogens is 5. The Morgan fingerprint density at radius 1 is 1.14 bits per heavy atom. The van der Waals surface area contributed by atoms with Gasteiger partial charge >= 0.3 is 6.18 Å². The molecule has 0 aliphatic carbocycles. The topological polar surface area (TPSA) is 85.6 Å². The smallest absolute Gasteiger partial charge is 0.311 e. The van der Waals surface area contributed by atoms with Gasteiger partial charge < -0.3 is 5.32 Å². The molecule has 29 heavy (non-hydrogen) atoms. The predicted molar refractivity (Wildman–Crippen MR) is 100 cm³/mol. The van der Waals surface area contributed by atoms with E-state index in [1.54, 1.807) is 17.7 Å². The van der Waals surface area contributed by atoms with Gasteiger partial charge in [0.2, 0.25) is 5.91 Å². The first-order valence-electron chi connectivity index (χ1n) is 8.75. The first-order valence-corrected chi connectivity index (χ1v) is 8.75. The molecule has 10 heteroatoms. The Labute approximate surface area is 162 Å². The van der Waals surface area contributed by atoms with Crippen LogP contribution in [0.4, 0.5) is 19.0 Å². The van der Waals surface area contributed by atoms with Gasteiger partial charge in [-0.15, -0.1) is 5.10 Å². The van der Waals surface area contributed by atoms with E-state index in [9.17, 15) is 18.0 Å². The number of hydrogen-bond acceptors (Lipinski definition) is 5. The summed E-state index contributed by atoms with van der Waals surface area (Å²) < 4.78 is 40.6. The Morgan fingerprint density at radius 2 is 1.93 bits per heavy atom. The lowest BCUT2D eigenvalue weighted by Crippen LogP contribution is -2.16. The number of rotatable bonds is 4. The van der Waals surface area contributed by atoms with Gasteiger partial charge in [0.25, 0.3) is 0 Å². The Bertz CT molecular complexity index is 1220. The number of amides is 1. The fourth-order valence-electron chi connectivity index (χ4n) is 2.98. The number of fused-ring (bicyclic) bond motifs is 2. The van der Waals surface area contributed by atoms with Gasteiger partial charge in [0, 0.05) is 11.8 Å². The van der Waals surface area contributed by atoms with Crippen molar-refractivity contribution in [2.24, 2.45) is 0 Å². The molecule has 0 bridgehead atoms. The number of aryl methyl sites for hydroxylation is 2. The van der Waals surface area contributed by atoms with Gasteiger partial charge in [0.1, 0.15) is 17.0 Å². The zero-order valence-corrected chi connectivity index (χ0v) is 15.2. The van der Waals surface area contributed by atoms with Crippen LogP contribution in [0.15, 0.2) is 42.5 Å². The molecule has 0 fully saturated rings. The maximum absolute atomic E-state index is 13.0. The minimum absolute atomic E-state index is 0.0719. The first kappa shape index (κ1) is 18.8. The quantitative estimate of drug-likeness (QED) is 0.564. The number of carbonyl (C=O) groups is 1. The number of anilines is 1. The van der Waals surface area contributed by atoms with E-state index in [4.69, 9.17) is 0 Å². The number of alkyl halides is 3. The van der Waals surface area contributed by atoms with E-state index >= 15 is 0 Å².